The molecule has 128 valence electrons. The van der Waals surface area contributed by atoms with E-state index in [-0.39, 0.29) is 18.7 Å². The van der Waals surface area contributed by atoms with Gasteiger partial charge in [-0.1, -0.05) is 41.9 Å². The number of hydrogen-bond donors (Lipinski definition) is 1. The van der Waals surface area contributed by atoms with E-state index in [0.717, 1.165) is 23.3 Å². The molecule has 2 aliphatic heterocycles. The maximum Gasteiger partial charge on any atom is 0.312 e. The van der Waals surface area contributed by atoms with Crippen molar-refractivity contribution in [2.45, 2.75) is 25.1 Å². The van der Waals surface area contributed by atoms with E-state index in [2.05, 4.69) is 5.32 Å². The lowest BCUT2D eigenvalue weighted by Gasteiger charge is -2.26. The highest BCUT2D eigenvalue weighted by atomic mass is 35.5. The van der Waals surface area contributed by atoms with Gasteiger partial charge in [0.2, 0.25) is 0 Å². The van der Waals surface area contributed by atoms with Crippen LogP contribution in [0.2, 0.25) is 5.02 Å². The SMILES string of the molecule is O=C(NCc1ccc(Cl)cc1)C(=O)N1C[C@@H]2C[C@H]1c1ccccc1O2. The molecule has 2 aromatic rings. The van der Waals surface area contributed by atoms with Crippen LogP contribution in [-0.2, 0) is 16.1 Å². The second-order valence-corrected chi connectivity index (χ2v) is 6.73. The molecule has 6 heteroatoms. The van der Waals surface area contributed by atoms with Gasteiger partial charge in [-0.2, -0.15) is 0 Å². The van der Waals surface area contributed by atoms with Crippen molar-refractivity contribution in [2.75, 3.05) is 6.54 Å². The van der Waals surface area contributed by atoms with Crippen molar-refractivity contribution in [3.05, 3.63) is 64.7 Å². The van der Waals surface area contributed by atoms with Gasteiger partial charge in [0.1, 0.15) is 11.9 Å². The number of carbonyl (C=O) groups is 2. The molecule has 5 nitrogen and oxygen atoms in total. The van der Waals surface area contributed by atoms with Crippen LogP contribution in [0.1, 0.15) is 23.6 Å². The average Bonchev–Trinajstić information content (AvgIpc) is 2.98. The van der Waals surface area contributed by atoms with Gasteiger partial charge in [0.25, 0.3) is 0 Å². The Morgan fingerprint density at radius 3 is 2.72 bits per heavy atom. The van der Waals surface area contributed by atoms with E-state index in [0.29, 0.717) is 11.6 Å². The van der Waals surface area contributed by atoms with E-state index >= 15 is 0 Å². The number of fused-ring (bicyclic) bond motifs is 4. The summed E-state index contributed by atoms with van der Waals surface area (Å²) in [6.45, 7) is 0.726. The van der Waals surface area contributed by atoms with Gasteiger partial charge >= 0.3 is 11.8 Å². The number of ether oxygens (including phenoxy) is 1. The first-order valence-electron chi connectivity index (χ1n) is 8.20. The molecule has 25 heavy (non-hydrogen) atoms. The zero-order valence-corrected chi connectivity index (χ0v) is 14.2. The van der Waals surface area contributed by atoms with Crippen molar-refractivity contribution in [1.82, 2.24) is 10.2 Å². The largest absolute Gasteiger partial charge is 0.488 e. The van der Waals surface area contributed by atoms with Gasteiger partial charge in [-0.05, 0) is 23.8 Å². The molecule has 1 N–H and O–H groups in total. The molecule has 4 rings (SSSR count). The van der Waals surface area contributed by atoms with E-state index in [4.69, 9.17) is 16.3 Å². The fourth-order valence-electron chi connectivity index (χ4n) is 3.44. The van der Waals surface area contributed by atoms with Crippen LogP contribution in [0, 0.1) is 0 Å². The van der Waals surface area contributed by atoms with E-state index in [1.807, 2.05) is 36.4 Å². The first-order valence-corrected chi connectivity index (χ1v) is 8.58. The Kier molecular flexibility index (Phi) is 4.09. The van der Waals surface area contributed by atoms with Gasteiger partial charge in [0.05, 0.1) is 12.6 Å². The van der Waals surface area contributed by atoms with Crippen LogP contribution in [0.25, 0.3) is 0 Å². The highest BCUT2D eigenvalue weighted by Gasteiger charge is 2.43. The zero-order valence-electron chi connectivity index (χ0n) is 13.4. The molecule has 0 spiro atoms. The first-order chi connectivity index (χ1) is 12.1. The summed E-state index contributed by atoms with van der Waals surface area (Å²) in [7, 11) is 0. The highest BCUT2D eigenvalue weighted by Crippen LogP contribution is 2.43. The van der Waals surface area contributed by atoms with Crippen LogP contribution >= 0.6 is 11.6 Å². The fraction of sp³-hybridized carbons (Fsp3) is 0.263. The standard InChI is InChI=1S/C19H17ClN2O3/c20-13-7-5-12(6-8-13)10-21-18(23)19(24)22-11-14-9-16(22)15-3-1-2-4-17(15)25-14/h1-8,14,16H,9-11H2,(H,21,23)/t14-,16-/m0/s1. The molecule has 2 bridgehead atoms. The second kappa shape index (κ2) is 6.41. The molecule has 0 aromatic heterocycles. The molecular weight excluding hydrogens is 340 g/mol. The third kappa shape index (κ3) is 3.07. The molecule has 2 aromatic carbocycles. The normalized spacial score (nSPS) is 20.6. The number of para-hydroxylation sites is 1. The van der Waals surface area contributed by atoms with Gasteiger partial charge in [0.15, 0.2) is 0 Å². The molecule has 0 radical (unpaired) electrons. The number of benzene rings is 2. The monoisotopic (exact) mass is 356 g/mol. The van der Waals surface area contributed by atoms with Gasteiger partial charge < -0.3 is 15.0 Å². The Morgan fingerprint density at radius 2 is 1.92 bits per heavy atom. The molecule has 0 saturated carbocycles. The predicted octanol–water partition coefficient (Wildman–Crippen LogP) is 2.69. The van der Waals surface area contributed by atoms with Gasteiger partial charge in [-0.15, -0.1) is 0 Å². The smallest absolute Gasteiger partial charge is 0.312 e. The van der Waals surface area contributed by atoms with Crippen molar-refractivity contribution in [1.29, 1.82) is 0 Å². The predicted molar refractivity (Wildman–Crippen MR) is 93.2 cm³/mol. The summed E-state index contributed by atoms with van der Waals surface area (Å²) < 4.78 is 5.89. The summed E-state index contributed by atoms with van der Waals surface area (Å²) in [6.07, 6.45) is 0.681. The number of nitrogens with one attached hydrogen (secondary N) is 1. The molecule has 0 unspecified atom stereocenters. The minimum atomic E-state index is -0.597. The Hall–Kier alpha value is -2.53. The quantitative estimate of drug-likeness (QED) is 0.842. The molecule has 2 heterocycles. The Bertz CT molecular complexity index is 822. The number of nitrogens with zero attached hydrogens (tertiary/aromatic N) is 1. The van der Waals surface area contributed by atoms with E-state index in [1.54, 1.807) is 17.0 Å². The Balaban J connectivity index is 1.44. The number of likely N-dealkylation sites (tertiary alicyclic amines) is 1. The van der Waals surface area contributed by atoms with E-state index in [9.17, 15) is 9.59 Å². The lowest BCUT2D eigenvalue weighted by atomic mass is 10.00. The zero-order chi connectivity index (χ0) is 17.4. The molecular formula is C19H17ClN2O3. The molecule has 2 aliphatic rings. The summed E-state index contributed by atoms with van der Waals surface area (Å²) >= 11 is 5.84. The van der Waals surface area contributed by atoms with Crippen LogP contribution in [0.15, 0.2) is 48.5 Å². The lowest BCUT2D eigenvalue weighted by Crippen LogP contribution is -2.42. The molecule has 2 atom stereocenters. The van der Waals surface area contributed by atoms with E-state index < -0.39 is 11.8 Å². The number of amides is 2. The maximum atomic E-state index is 12.6. The Labute approximate surface area is 150 Å². The average molecular weight is 357 g/mol. The highest BCUT2D eigenvalue weighted by molar-refractivity contribution is 6.35. The van der Waals surface area contributed by atoms with Crippen LogP contribution in [0.3, 0.4) is 0 Å². The summed E-state index contributed by atoms with van der Waals surface area (Å²) in [6, 6.07) is 14.7. The molecule has 2 amide bonds. The number of carbonyl (C=O) groups excluding carboxylic acids is 2. The lowest BCUT2D eigenvalue weighted by molar-refractivity contribution is -0.146. The third-order valence-corrected chi connectivity index (χ3v) is 4.91. The minimum Gasteiger partial charge on any atom is -0.488 e. The van der Waals surface area contributed by atoms with Gasteiger partial charge in [-0.25, -0.2) is 0 Å². The second-order valence-electron chi connectivity index (χ2n) is 6.30. The van der Waals surface area contributed by atoms with Gasteiger partial charge in [0, 0.05) is 23.6 Å². The van der Waals surface area contributed by atoms with Crippen molar-refractivity contribution >= 4 is 23.4 Å². The number of rotatable bonds is 2. The van der Waals surface area contributed by atoms with Gasteiger partial charge in [-0.3, -0.25) is 9.59 Å². The van der Waals surface area contributed by atoms with Crippen molar-refractivity contribution < 1.29 is 14.3 Å². The van der Waals surface area contributed by atoms with Crippen LogP contribution in [-0.4, -0.2) is 29.4 Å². The van der Waals surface area contributed by atoms with Crippen LogP contribution < -0.4 is 10.1 Å². The number of halogens is 1. The summed E-state index contributed by atoms with van der Waals surface area (Å²) in [5, 5.41) is 3.32. The summed E-state index contributed by atoms with van der Waals surface area (Å²) in [5.74, 6) is -0.303. The van der Waals surface area contributed by atoms with Crippen LogP contribution in [0.5, 0.6) is 5.75 Å². The molecule has 0 aliphatic carbocycles. The van der Waals surface area contributed by atoms with Crippen molar-refractivity contribution in [3.8, 4) is 5.75 Å². The fourth-order valence-corrected chi connectivity index (χ4v) is 3.56. The first kappa shape index (κ1) is 16.0. The number of hydrogen-bond acceptors (Lipinski definition) is 3. The molecule has 1 saturated heterocycles. The van der Waals surface area contributed by atoms with Crippen LogP contribution in [0.4, 0.5) is 0 Å². The summed E-state index contributed by atoms with van der Waals surface area (Å²) in [5.41, 5.74) is 1.86. The minimum absolute atomic E-state index is 0.0482. The van der Waals surface area contributed by atoms with Crippen molar-refractivity contribution in [2.24, 2.45) is 0 Å². The maximum absolute atomic E-state index is 12.6. The summed E-state index contributed by atoms with van der Waals surface area (Å²) in [4.78, 5) is 26.5. The third-order valence-electron chi connectivity index (χ3n) is 4.66. The molecule has 1 fully saturated rings. The topological polar surface area (TPSA) is 58.6 Å². The van der Waals surface area contributed by atoms with Crippen molar-refractivity contribution in [3.63, 3.8) is 0 Å². The Morgan fingerprint density at radius 1 is 1.16 bits per heavy atom. The van der Waals surface area contributed by atoms with E-state index in [1.165, 1.54) is 0 Å².